The summed E-state index contributed by atoms with van der Waals surface area (Å²) in [6.07, 6.45) is 0.0673. The van der Waals surface area contributed by atoms with Gasteiger partial charge in [0, 0.05) is 21.9 Å². The summed E-state index contributed by atoms with van der Waals surface area (Å²) >= 11 is 6.70. The summed E-state index contributed by atoms with van der Waals surface area (Å²) in [6, 6.07) is 5.44. The third-order valence-electron chi connectivity index (χ3n) is 2.67. The van der Waals surface area contributed by atoms with Gasteiger partial charge in [-0.3, -0.25) is 9.59 Å². The molecule has 1 aliphatic heterocycles. The van der Waals surface area contributed by atoms with Gasteiger partial charge in [0.05, 0.1) is 11.6 Å². The lowest BCUT2D eigenvalue weighted by Gasteiger charge is -2.17. The molecular formula is C11H9Br2NO3. The van der Waals surface area contributed by atoms with Crippen LogP contribution >= 0.6 is 31.9 Å². The number of carbonyl (C=O) groups excluding carboxylic acids is 1. The highest BCUT2D eigenvalue weighted by molar-refractivity contribution is 9.11. The zero-order valence-electron chi connectivity index (χ0n) is 8.69. The van der Waals surface area contributed by atoms with E-state index in [1.807, 2.05) is 12.1 Å². The summed E-state index contributed by atoms with van der Waals surface area (Å²) in [6.45, 7) is 0.231. The predicted molar refractivity (Wildman–Crippen MR) is 69.9 cm³/mol. The third-order valence-corrected chi connectivity index (χ3v) is 3.80. The minimum atomic E-state index is -0.922. The van der Waals surface area contributed by atoms with Crippen LogP contribution in [0.2, 0.25) is 0 Å². The molecule has 17 heavy (non-hydrogen) atoms. The maximum absolute atomic E-state index is 11.8. The maximum Gasteiger partial charge on any atom is 0.308 e. The minimum Gasteiger partial charge on any atom is -0.481 e. The van der Waals surface area contributed by atoms with Crippen LogP contribution in [-0.2, 0) is 9.59 Å². The molecule has 0 aliphatic carbocycles. The van der Waals surface area contributed by atoms with Gasteiger partial charge in [0.2, 0.25) is 5.91 Å². The summed E-state index contributed by atoms with van der Waals surface area (Å²) in [4.78, 5) is 24.1. The quantitative estimate of drug-likeness (QED) is 0.879. The average Bonchev–Trinajstić information content (AvgIpc) is 2.61. The molecule has 90 valence electrons. The molecule has 2 rings (SSSR count). The van der Waals surface area contributed by atoms with Crippen molar-refractivity contribution in [1.29, 1.82) is 0 Å². The number of benzene rings is 1. The standard InChI is InChI=1S/C11H9Br2NO3/c12-7-1-2-9(8(13)4-7)14-5-6(11(16)17)3-10(14)15/h1-2,4,6H,3,5H2,(H,16,17)/t6-/m0/s1. The Kier molecular flexibility index (Phi) is 3.53. The number of carboxylic acid groups (broad SMARTS) is 1. The number of nitrogens with zero attached hydrogens (tertiary/aromatic N) is 1. The first kappa shape index (κ1) is 12.6. The molecule has 1 aromatic carbocycles. The van der Waals surface area contributed by atoms with Crippen molar-refractivity contribution in [2.75, 3.05) is 11.4 Å². The summed E-state index contributed by atoms with van der Waals surface area (Å²) in [5.74, 6) is -1.69. The van der Waals surface area contributed by atoms with Crippen LogP contribution in [0, 0.1) is 5.92 Å². The second kappa shape index (κ2) is 4.78. The van der Waals surface area contributed by atoms with Crippen molar-refractivity contribution in [1.82, 2.24) is 0 Å². The lowest BCUT2D eigenvalue weighted by Crippen LogP contribution is -2.26. The van der Waals surface area contributed by atoms with Crippen molar-refractivity contribution < 1.29 is 14.7 Å². The van der Waals surface area contributed by atoms with Crippen molar-refractivity contribution in [2.24, 2.45) is 5.92 Å². The van der Waals surface area contributed by atoms with E-state index in [0.717, 1.165) is 8.95 Å². The van der Waals surface area contributed by atoms with Gasteiger partial charge in [0.25, 0.3) is 0 Å². The molecule has 1 heterocycles. The molecule has 0 saturated carbocycles. The molecule has 1 N–H and O–H groups in total. The Morgan fingerprint density at radius 3 is 2.65 bits per heavy atom. The van der Waals surface area contributed by atoms with E-state index in [9.17, 15) is 9.59 Å². The molecule has 0 bridgehead atoms. The molecule has 1 saturated heterocycles. The van der Waals surface area contributed by atoms with E-state index in [1.165, 1.54) is 4.90 Å². The fourth-order valence-corrected chi connectivity index (χ4v) is 3.07. The van der Waals surface area contributed by atoms with Crippen molar-refractivity contribution in [3.63, 3.8) is 0 Å². The summed E-state index contributed by atoms with van der Waals surface area (Å²) in [7, 11) is 0. The van der Waals surface area contributed by atoms with E-state index in [1.54, 1.807) is 6.07 Å². The van der Waals surface area contributed by atoms with Crippen molar-refractivity contribution >= 4 is 49.4 Å². The van der Waals surface area contributed by atoms with Gasteiger partial charge in [-0.15, -0.1) is 0 Å². The SMILES string of the molecule is O=C(O)[C@H]1CC(=O)N(c2ccc(Br)cc2Br)C1. The van der Waals surface area contributed by atoms with Crippen LogP contribution in [0.15, 0.2) is 27.1 Å². The highest BCUT2D eigenvalue weighted by Gasteiger charge is 2.35. The molecule has 1 amide bonds. The van der Waals surface area contributed by atoms with Gasteiger partial charge in [-0.05, 0) is 34.1 Å². The highest BCUT2D eigenvalue weighted by Crippen LogP contribution is 2.33. The molecule has 1 aliphatic rings. The molecule has 0 spiro atoms. The lowest BCUT2D eigenvalue weighted by molar-refractivity contribution is -0.141. The zero-order valence-corrected chi connectivity index (χ0v) is 11.9. The number of hydrogen-bond donors (Lipinski definition) is 1. The van der Waals surface area contributed by atoms with Crippen LogP contribution in [0.1, 0.15) is 6.42 Å². The monoisotopic (exact) mass is 361 g/mol. The van der Waals surface area contributed by atoms with Gasteiger partial charge >= 0.3 is 5.97 Å². The Morgan fingerprint density at radius 2 is 2.12 bits per heavy atom. The maximum atomic E-state index is 11.8. The largest absolute Gasteiger partial charge is 0.481 e. The van der Waals surface area contributed by atoms with E-state index in [2.05, 4.69) is 31.9 Å². The highest BCUT2D eigenvalue weighted by atomic mass is 79.9. The first-order chi connectivity index (χ1) is 7.99. The molecule has 1 fully saturated rings. The molecule has 0 radical (unpaired) electrons. The number of aliphatic carboxylic acids is 1. The van der Waals surface area contributed by atoms with Crippen molar-refractivity contribution in [3.8, 4) is 0 Å². The second-order valence-electron chi connectivity index (χ2n) is 3.84. The number of rotatable bonds is 2. The molecule has 0 aromatic heterocycles. The fourth-order valence-electron chi connectivity index (χ4n) is 1.81. The summed E-state index contributed by atoms with van der Waals surface area (Å²) < 4.78 is 1.67. The van der Waals surface area contributed by atoms with E-state index in [4.69, 9.17) is 5.11 Å². The van der Waals surface area contributed by atoms with Gasteiger partial charge in [0.1, 0.15) is 0 Å². The number of hydrogen-bond acceptors (Lipinski definition) is 2. The Bertz CT molecular complexity index is 490. The fraction of sp³-hybridized carbons (Fsp3) is 0.273. The Balaban J connectivity index is 2.29. The Morgan fingerprint density at radius 1 is 1.41 bits per heavy atom. The lowest BCUT2D eigenvalue weighted by atomic mass is 10.1. The number of halogens is 2. The molecule has 1 atom stereocenters. The van der Waals surface area contributed by atoms with Crippen LogP contribution in [0.5, 0.6) is 0 Å². The number of carboxylic acids is 1. The van der Waals surface area contributed by atoms with E-state index in [0.29, 0.717) is 5.69 Å². The topological polar surface area (TPSA) is 57.6 Å². The Hall–Kier alpha value is -0.880. The van der Waals surface area contributed by atoms with E-state index in [-0.39, 0.29) is 18.9 Å². The summed E-state index contributed by atoms with van der Waals surface area (Å²) in [5.41, 5.74) is 0.710. The molecule has 0 unspecified atom stereocenters. The van der Waals surface area contributed by atoms with Crippen LogP contribution in [0.25, 0.3) is 0 Å². The van der Waals surface area contributed by atoms with E-state index >= 15 is 0 Å². The van der Waals surface area contributed by atoms with Crippen molar-refractivity contribution in [3.05, 3.63) is 27.1 Å². The predicted octanol–water partition coefficient (Wildman–Crippen LogP) is 2.65. The molecule has 6 heteroatoms. The summed E-state index contributed by atoms with van der Waals surface area (Å²) in [5, 5.41) is 8.91. The first-order valence-electron chi connectivity index (χ1n) is 4.97. The average molecular weight is 363 g/mol. The molecule has 1 aromatic rings. The molecular weight excluding hydrogens is 354 g/mol. The van der Waals surface area contributed by atoms with Crippen LogP contribution in [0.4, 0.5) is 5.69 Å². The smallest absolute Gasteiger partial charge is 0.308 e. The number of carbonyl (C=O) groups is 2. The molecule has 4 nitrogen and oxygen atoms in total. The number of anilines is 1. The zero-order chi connectivity index (χ0) is 12.6. The van der Waals surface area contributed by atoms with Crippen LogP contribution in [0.3, 0.4) is 0 Å². The third kappa shape index (κ3) is 2.52. The minimum absolute atomic E-state index is 0.0673. The van der Waals surface area contributed by atoms with Crippen LogP contribution < -0.4 is 4.90 Å². The Labute approximate surface area is 115 Å². The van der Waals surface area contributed by atoms with E-state index < -0.39 is 11.9 Å². The first-order valence-corrected chi connectivity index (χ1v) is 6.56. The van der Waals surface area contributed by atoms with Gasteiger partial charge in [-0.1, -0.05) is 15.9 Å². The van der Waals surface area contributed by atoms with Gasteiger partial charge in [-0.25, -0.2) is 0 Å². The van der Waals surface area contributed by atoms with Gasteiger partial charge in [-0.2, -0.15) is 0 Å². The van der Waals surface area contributed by atoms with Gasteiger partial charge in [0.15, 0.2) is 0 Å². The normalized spacial score (nSPS) is 19.8. The number of amides is 1. The van der Waals surface area contributed by atoms with Crippen LogP contribution in [-0.4, -0.2) is 23.5 Å². The second-order valence-corrected chi connectivity index (χ2v) is 5.61. The van der Waals surface area contributed by atoms with Crippen molar-refractivity contribution in [2.45, 2.75) is 6.42 Å². The van der Waals surface area contributed by atoms with Gasteiger partial charge < -0.3 is 10.0 Å².